The van der Waals surface area contributed by atoms with Crippen LogP contribution in [0.25, 0.3) is 0 Å². The zero-order valence-corrected chi connectivity index (χ0v) is 11.6. The first-order valence-corrected chi connectivity index (χ1v) is 6.37. The van der Waals surface area contributed by atoms with E-state index in [2.05, 4.69) is 6.58 Å². The number of hydrogen-bond donors (Lipinski definition) is 1. The lowest BCUT2D eigenvalue weighted by Gasteiger charge is -2.15. The van der Waals surface area contributed by atoms with Crippen molar-refractivity contribution in [1.82, 2.24) is 0 Å². The van der Waals surface area contributed by atoms with Crippen LogP contribution in [0.5, 0.6) is 11.5 Å². The summed E-state index contributed by atoms with van der Waals surface area (Å²) in [5, 5.41) is 9.58. The van der Waals surface area contributed by atoms with Gasteiger partial charge >= 0.3 is 0 Å². The van der Waals surface area contributed by atoms with Crippen molar-refractivity contribution < 1.29 is 19.3 Å². The average molecular weight is 266 g/mol. The van der Waals surface area contributed by atoms with E-state index in [-0.39, 0.29) is 13.2 Å². The van der Waals surface area contributed by atoms with Crippen molar-refractivity contribution in [2.45, 2.75) is 19.4 Å². The summed E-state index contributed by atoms with van der Waals surface area (Å²) >= 11 is 0. The fraction of sp³-hybridized carbons (Fsp3) is 0.467. The fourth-order valence-corrected chi connectivity index (χ4v) is 1.69. The molecule has 0 saturated heterocycles. The van der Waals surface area contributed by atoms with Crippen LogP contribution in [0, 0.1) is 0 Å². The highest BCUT2D eigenvalue weighted by Crippen LogP contribution is 2.25. The van der Waals surface area contributed by atoms with E-state index in [1.165, 1.54) is 0 Å². The van der Waals surface area contributed by atoms with Crippen LogP contribution in [0.15, 0.2) is 30.9 Å². The lowest BCUT2D eigenvalue weighted by molar-refractivity contribution is 0.0323. The first kappa shape index (κ1) is 15.5. The Hall–Kier alpha value is -1.52. The zero-order valence-electron chi connectivity index (χ0n) is 11.6. The zero-order chi connectivity index (χ0) is 14.1. The van der Waals surface area contributed by atoms with Gasteiger partial charge in [-0.3, -0.25) is 0 Å². The van der Waals surface area contributed by atoms with Gasteiger partial charge in [-0.25, -0.2) is 0 Å². The van der Waals surface area contributed by atoms with Gasteiger partial charge in [-0.15, -0.1) is 6.58 Å². The van der Waals surface area contributed by atoms with Crippen LogP contribution in [-0.2, 0) is 11.2 Å². The first-order valence-electron chi connectivity index (χ1n) is 6.37. The van der Waals surface area contributed by atoms with E-state index < -0.39 is 6.10 Å². The van der Waals surface area contributed by atoms with Crippen molar-refractivity contribution >= 4 is 0 Å². The molecule has 0 aliphatic rings. The molecule has 1 atom stereocenters. The molecule has 0 amide bonds. The molecular weight excluding hydrogens is 244 g/mol. The number of hydrogen-bond acceptors (Lipinski definition) is 4. The molecule has 0 heterocycles. The summed E-state index contributed by atoms with van der Waals surface area (Å²) in [4.78, 5) is 0. The molecule has 0 aromatic heterocycles. The molecule has 0 aliphatic carbocycles. The van der Waals surface area contributed by atoms with Gasteiger partial charge in [-0.1, -0.05) is 6.08 Å². The monoisotopic (exact) mass is 266 g/mol. The summed E-state index contributed by atoms with van der Waals surface area (Å²) in [6.45, 7) is 6.76. The van der Waals surface area contributed by atoms with Crippen molar-refractivity contribution in [2.24, 2.45) is 0 Å². The van der Waals surface area contributed by atoms with Crippen molar-refractivity contribution in [1.29, 1.82) is 0 Å². The third kappa shape index (κ3) is 5.32. The third-order valence-electron chi connectivity index (χ3n) is 2.50. The molecule has 1 rings (SSSR count). The number of rotatable bonds is 9. The molecule has 0 saturated carbocycles. The van der Waals surface area contributed by atoms with E-state index in [1.54, 1.807) is 7.11 Å². The average Bonchev–Trinajstić information content (AvgIpc) is 2.39. The predicted octanol–water partition coefficient (Wildman–Crippen LogP) is 2.20. The molecule has 1 aromatic carbocycles. The summed E-state index contributed by atoms with van der Waals surface area (Å²) in [7, 11) is 1.54. The highest BCUT2D eigenvalue weighted by Gasteiger charge is 2.08. The highest BCUT2D eigenvalue weighted by atomic mass is 16.5. The number of ether oxygens (including phenoxy) is 3. The molecule has 0 spiro atoms. The van der Waals surface area contributed by atoms with Gasteiger partial charge in [0.1, 0.15) is 24.2 Å². The second-order valence-corrected chi connectivity index (χ2v) is 4.12. The van der Waals surface area contributed by atoms with Crippen LogP contribution >= 0.6 is 0 Å². The molecule has 0 radical (unpaired) electrons. The van der Waals surface area contributed by atoms with Gasteiger partial charge in [0.05, 0.1) is 13.2 Å². The van der Waals surface area contributed by atoms with Crippen LogP contribution in [0.2, 0.25) is 0 Å². The largest absolute Gasteiger partial charge is 0.494 e. The van der Waals surface area contributed by atoms with E-state index in [4.69, 9.17) is 14.2 Å². The third-order valence-corrected chi connectivity index (χ3v) is 2.50. The predicted molar refractivity (Wildman–Crippen MR) is 74.9 cm³/mol. The Labute approximate surface area is 114 Å². The number of allylic oxidation sites excluding steroid dienone is 1. The van der Waals surface area contributed by atoms with Gasteiger partial charge in [0.15, 0.2) is 0 Å². The Morgan fingerprint density at radius 2 is 2.11 bits per heavy atom. The Balaban J connectivity index is 2.72. The molecule has 4 heteroatoms. The molecule has 19 heavy (non-hydrogen) atoms. The van der Waals surface area contributed by atoms with E-state index in [0.717, 1.165) is 17.1 Å². The number of methoxy groups -OCH3 is 1. The summed E-state index contributed by atoms with van der Waals surface area (Å²) in [6, 6.07) is 5.64. The van der Waals surface area contributed by atoms with Gasteiger partial charge in [-0.05, 0) is 31.5 Å². The van der Waals surface area contributed by atoms with Gasteiger partial charge in [0.25, 0.3) is 0 Å². The maximum atomic E-state index is 9.58. The lowest BCUT2D eigenvalue weighted by atomic mass is 10.1. The topological polar surface area (TPSA) is 47.9 Å². The highest BCUT2D eigenvalue weighted by molar-refractivity contribution is 5.41. The van der Waals surface area contributed by atoms with Crippen LogP contribution in [0.4, 0.5) is 0 Å². The van der Waals surface area contributed by atoms with Gasteiger partial charge in [-0.2, -0.15) is 0 Å². The molecule has 1 aromatic rings. The minimum atomic E-state index is -0.631. The van der Waals surface area contributed by atoms with E-state index in [9.17, 15) is 5.11 Å². The minimum Gasteiger partial charge on any atom is -0.494 e. The van der Waals surface area contributed by atoms with Crippen molar-refractivity contribution in [3.05, 3.63) is 36.4 Å². The molecule has 0 bridgehead atoms. The SMILES string of the molecule is C=CCc1cc(OCC)ccc1OC[C@@H](O)COC. The number of aliphatic hydroxyl groups is 1. The molecule has 0 fully saturated rings. The van der Waals surface area contributed by atoms with E-state index in [0.29, 0.717) is 13.0 Å². The summed E-state index contributed by atoms with van der Waals surface area (Å²) in [5.74, 6) is 1.54. The quantitative estimate of drug-likeness (QED) is 0.696. The standard InChI is InChI=1S/C15H22O4/c1-4-6-12-9-14(18-5-2)7-8-15(12)19-11-13(16)10-17-3/h4,7-9,13,16H,1,5-6,10-11H2,2-3H3/t13-/m0/s1. The normalized spacial score (nSPS) is 11.9. The maximum Gasteiger partial charge on any atom is 0.123 e. The molecule has 4 nitrogen and oxygen atoms in total. The van der Waals surface area contributed by atoms with Gasteiger partial charge in [0.2, 0.25) is 0 Å². The number of benzene rings is 1. The first-order chi connectivity index (χ1) is 9.21. The Kier molecular flexibility index (Phi) is 7.00. The minimum absolute atomic E-state index is 0.200. The Morgan fingerprint density at radius 3 is 2.74 bits per heavy atom. The maximum absolute atomic E-state index is 9.58. The lowest BCUT2D eigenvalue weighted by Crippen LogP contribution is -2.22. The molecule has 0 unspecified atom stereocenters. The van der Waals surface area contributed by atoms with Crippen LogP contribution in [0.3, 0.4) is 0 Å². The van der Waals surface area contributed by atoms with E-state index in [1.807, 2.05) is 31.2 Å². The molecule has 0 aliphatic heterocycles. The molecule has 106 valence electrons. The molecular formula is C15H22O4. The summed E-state index contributed by atoms with van der Waals surface area (Å²) < 4.78 is 15.9. The molecule has 1 N–H and O–H groups in total. The second-order valence-electron chi connectivity index (χ2n) is 4.12. The summed E-state index contributed by atoms with van der Waals surface area (Å²) in [5.41, 5.74) is 0.991. The van der Waals surface area contributed by atoms with Crippen molar-refractivity contribution in [2.75, 3.05) is 26.9 Å². The Bertz CT molecular complexity index is 390. The Morgan fingerprint density at radius 1 is 1.32 bits per heavy atom. The number of aliphatic hydroxyl groups excluding tert-OH is 1. The van der Waals surface area contributed by atoms with Crippen molar-refractivity contribution in [3.8, 4) is 11.5 Å². The fourth-order valence-electron chi connectivity index (χ4n) is 1.69. The van der Waals surface area contributed by atoms with E-state index >= 15 is 0 Å². The van der Waals surface area contributed by atoms with Gasteiger partial charge < -0.3 is 19.3 Å². The van der Waals surface area contributed by atoms with Crippen molar-refractivity contribution in [3.63, 3.8) is 0 Å². The van der Waals surface area contributed by atoms with Crippen LogP contribution in [-0.4, -0.2) is 38.1 Å². The second kappa shape index (κ2) is 8.56. The summed E-state index contributed by atoms with van der Waals surface area (Å²) in [6.07, 6.45) is 1.87. The van der Waals surface area contributed by atoms with Crippen LogP contribution < -0.4 is 9.47 Å². The van der Waals surface area contributed by atoms with Crippen LogP contribution in [0.1, 0.15) is 12.5 Å². The van der Waals surface area contributed by atoms with Gasteiger partial charge in [0, 0.05) is 12.7 Å². The smallest absolute Gasteiger partial charge is 0.123 e.